The fraction of sp³-hybridized carbons (Fsp3) is 0.500. The highest BCUT2D eigenvalue weighted by molar-refractivity contribution is 5.89. The zero-order valence-corrected chi connectivity index (χ0v) is 10.1. The van der Waals surface area contributed by atoms with E-state index in [0.29, 0.717) is 5.92 Å². The molecule has 1 aliphatic carbocycles. The first-order chi connectivity index (χ1) is 8.66. The highest BCUT2D eigenvalue weighted by atomic mass is 16.5. The number of hydrogen-bond donors (Lipinski definition) is 1. The minimum absolute atomic E-state index is 0.0977. The van der Waals surface area contributed by atoms with Gasteiger partial charge >= 0.3 is 5.97 Å². The second-order valence-electron chi connectivity index (χ2n) is 4.36. The van der Waals surface area contributed by atoms with Crippen LogP contribution in [-0.2, 0) is 9.53 Å². The summed E-state index contributed by atoms with van der Waals surface area (Å²) in [7, 11) is 0. The van der Waals surface area contributed by atoms with Gasteiger partial charge in [-0.1, -0.05) is 0 Å². The van der Waals surface area contributed by atoms with Gasteiger partial charge in [-0.15, -0.1) is 0 Å². The number of nitrogens with one attached hydrogen (secondary N) is 1. The normalized spacial score (nSPS) is 15.8. The standard InChI is InChI=1S/C12H15N3O3/c1-8(9-2-3-9)15-11(16)7-18-12(17)10-6-13-4-5-14-10/h4-6,8-9H,2-3,7H2,1H3,(H,15,16)/t8-/m0/s1. The smallest absolute Gasteiger partial charge is 0.359 e. The number of hydrogen-bond acceptors (Lipinski definition) is 5. The van der Waals surface area contributed by atoms with E-state index in [1.165, 1.54) is 18.6 Å². The summed E-state index contributed by atoms with van der Waals surface area (Å²) in [6.45, 7) is 1.67. The summed E-state index contributed by atoms with van der Waals surface area (Å²) in [5.41, 5.74) is 0.0977. The summed E-state index contributed by atoms with van der Waals surface area (Å²) in [5, 5.41) is 2.80. The van der Waals surface area contributed by atoms with Crippen LogP contribution in [0.15, 0.2) is 18.6 Å². The van der Waals surface area contributed by atoms with Gasteiger partial charge < -0.3 is 10.1 Å². The SMILES string of the molecule is C[C@H](NC(=O)COC(=O)c1cnccn1)C1CC1. The number of carbonyl (C=O) groups excluding carboxylic acids is 2. The van der Waals surface area contributed by atoms with E-state index in [1.54, 1.807) is 0 Å². The maximum Gasteiger partial charge on any atom is 0.359 e. The van der Waals surface area contributed by atoms with Crippen molar-refractivity contribution in [3.05, 3.63) is 24.3 Å². The quantitative estimate of drug-likeness (QED) is 0.771. The molecular formula is C12H15N3O3. The van der Waals surface area contributed by atoms with Crippen LogP contribution in [0.3, 0.4) is 0 Å². The molecule has 1 amide bonds. The van der Waals surface area contributed by atoms with Crippen molar-refractivity contribution < 1.29 is 14.3 Å². The van der Waals surface area contributed by atoms with Crippen molar-refractivity contribution >= 4 is 11.9 Å². The van der Waals surface area contributed by atoms with Crippen LogP contribution in [-0.4, -0.2) is 34.5 Å². The molecule has 2 rings (SSSR count). The van der Waals surface area contributed by atoms with Gasteiger partial charge in [0.2, 0.25) is 0 Å². The van der Waals surface area contributed by atoms with E-state index in [4.69, 9.17) is 4.74 Å². The lowest BCUT2D eigenvalue weighted by Gasteiger charge is -2.12. The highest BCUT2D eigenvalue weighted by Crippen LogP contribution is 2.32. The van der Waals surface area contributed by atoms with E-state index in [1.807, 2.05) is 6.92 Å². The molecule has 1 atom stereocenters. The molecule has 0 unspecified atom stereocenters. The molecule has 6 heteroatoms. The third-order valence-corrected chi connectivity index (χ3v) is 2.82. The predicted octanol–water partition coefficient (Wildman–Crippen LogP) is 0.548. The van der Waals surface area contributed by atoms with Gasteiger partial charge in [0, 0.05) is 18.4 Å². The number of aromatic nitrogens is 2. The number of esters is 1. The predicted molar refractivity (Wildman–Crippen MR) is 62.6 cm³/mol. The van der Waals surface area contributed by atoms with E-state index < -0.39 is 5.97 Å². The molecule has 1 saturated carbocycles. The molecule has 1 fully saturated rings. The fourth-order valence-corrected chi connectivity index (χ4v) is 1.62. The molecule has 0 radical (unpaired) electrons. The molecule has 1 heterocycles. The van der Waals surface area contributed by atoms with Crippen molar-refractivity contribution in [3.63, 3.8) is 0 Å². The number of ether oxygens (including phenoxy) is 1. The first-order valence-electron chi connectivity index (χ1n) is 5.89. The zero-order valence-electron chi connectivity index (χ0n) is 10.1. The Balaban J connectivity index is 1.74. The molecule has 0 saturated heterocycles. The van der Waals surface area contributed by atoms with Crippen LogP contribution in [0.2, 0.25) is 0 Å². The van der Waals surface area contributed by atoms with Crippen molar-refractivity contribution in [2.24, 2.45) is 5.92 Å². The van der Waals surface area contributed by atoms with Gasteiger partial charge in [0.05, 0.1) is 6.20 Å². The monoisotopic (exact) mass is 249 g/mol. The lowest BCUT2D eigenvalue weighted by Crippen LogP contribution is -2.37. The molecule has 0 spiro atoms. The Morgan fingerprint density at radius 1 is 1.50 bits per heavy atom. The van der Waals surface area contributed by atoms with Gasteiger partial charge in [-0.2, -0.15) is 0 Å². The van der Waals surface area contributed by atoms with E-state index in [9.17, 15) is 9.59 Å². The summed E-state index contributed by atoms with van der Waals surface area (Å²) in [6, 6.07) is 0.146. The van der Waals surface area contributed by atoms with E-state index in [-0.39, 0.29) is 24.2 Å². The average Bonchev–Trinajstić information content (AvgIpc) is 3.21. The Hall–Kier alpha value is -1.98. The summed E-state index contributed by atoms with van der Waals surface area (Å²) in [6.07, 6.45) is 6.46. The molecular weight excluding hydrogens is 234 g/mol. The largest absolute Gasteiger partial charge is 0.451 e. The Morgan fingerprint density at radius 2 is 2.28 bits per heavy atom. The first kappa shape index (κ1) is 12.5. The van der Waals surface area contributed by atoms with Gasteiger partial charge in [-0.05, 0) is 25.7 Å². The van der Waals surface area contributed by atoms with E-state index >= 15 is 0 Å². The molecule has 1 aliphatic rings. The van der Waals surface area contributed by atoms with Crippen LogP contribution < -0.4 is 5.32 Å². The fourth-order valence-electron chi connectivity index (χ4n) is 1.62. The maximum atomic E-state index is 11.5. The third kappa shape index (κ3) is 3.51. The number of carbonyl (C=O) groups is 2. The van der Waals surface area contributed by atoms with Crippen LogP contribution in [0.5, 0.6) is 0 Å². The lowest BCUT2D eigenvalue weighted by atomic mass is 10.2. The van der Waals surface area contributed by atoms with Crippen molar-refractivity contribution in [3.8, 4) is 0 Å². The van der Waals surface area contributed by atoms with Crippen molar-refractivity contribution in [2.45, 2.75) is 25.8 Å². The Bertz CT molecular complexity index is 431. The molecule has 6 nitrogen and oxygen atoms in total. The minimum Gasteiger partial charge on any atom is -0.451 e. The molecule has 0 bridgehead atoms. The highest BCUT2D eigenvalue weighted by Gasteiger charge is 2.29. The van der Waals surface area contributed by atoms with Crippen LogP contribution in [0.25, 0.3) is 0 Å². The number of nitrogens with zero attached hydrogens (tertiary/aromatic N) is 2. The summed E-state index contributed by atoms with van der Waals surface area (Å²) < 4.78 is 4.84. The van der Waals surface area contributed by atoms with E-state index in [2.05, 4.69) is 15.3 Å². The Labute approximate surface area is 105 Å². The van der Waals surface area contributed by atoms with Crippen LogP contribution in [0.4, 0.5) is 0 Å². The summed E-state index contributed by atoms with van der Waals surface area (Å²) in [4.78, 5) is 30.5. The average molecular weight is 249 g/mol. The molecule has 1 aromatic heterocycles. The van der Waals surface area contributed by atoms with Gasteiger partial charge in [0.1, 0.15) is 0 Å². The molecule has 96 valence electrons. The van der Waals surface area contributed by atoms with Gasteiger partial charge in [0.15, 0.2) is 12.3 Å². The van der Waals surface area contributed by atoms with Gasteiger partial charge in [-0.25, -0.2) is 9.78 Å². The second kappa shape index (κ2) is 5.57. The van der Waals surface area contributed by atoms with E-state index in [0.717, 1.165) is 12.8 Å². The van der Waals surface area contributed by atoms with Crippen molar-refractivity contribution in [1.29, 1.82) is 0 Å². The molecule has 0 aliphatic heterocycles. The molecule has 0 aromatic carbocycles. The van der Waals surface area contributed by atoms with Crippen LogP contribution in [0, 0.1) is 5.92 Å². The summed E-state index contributed by atoms with van der Waals surface area (Å²) in [5.74, 6) is -0.353. The topological polar surface area (TPSA) is 81.2 Å². The van der Waals surface area contributed by atoms with Crippen LogP contribution >= 0.6 is 0 Å². The third-order valence-electron chi connectivity index (χ3n) is 2.82. The Kier molecular flexibility index (Phi) is 3.86. The molecule has 1 N–H and O–H groups in total. The van der Waals surface area contributed by atoms with Crippen LogP contribution in [0.1, 0.15) is 30.3 Å². The maximum absolute atomic E-state index is 11.5. The zero-order chi connectivity index (χ0) is 13.0. The van der Waals surface area contributed by atoms with Crippen molar-refractivity contribution in [1.82, 2.24) is 15.3 Å². The molecule has 18 heavy (non-hydrogen) atoms. The number of amides is 1. The summed E-state index contributed by atoms with van der Waals surface area (Å²) >= 11 is 0. The lowest BCUT2D eigenvalue weighted by molar-refractivity contribution is -0.125. The second-order valence-corrected chi connectivity index (χ2v) is 4.36. The van der Waals surface area contributed by atoms with Gasteiger partial charge in [0.25, 0.3) is 5.91 Å². The number of rotatable bonds is 5. The molecule has 1 aromatic rings. The van der Waals surface area contributed by atoms with Crippen molar-refractivity contribution in [2.75, 3.05) is 6.61 Å². The first-order valence-corrected chi connectivity index (χ1v) is 5.89. The van der Waals surface area contributed by atoms with Gasteiger partial charge in [-0.3, -0.25) is 9.78 Å². The Morgan fingerprint density at radius 3 is 2.89 bits per heavy atom. The minimum atomic E-state index is -0.641.